The van der Waals surface area contributed by atoms with Gasteiger partial charge in [-0.1, -0.05) is 12.8 Å². The molecule has 1 aliphatic heterocycles. The van der Waals surface area contributed by atoms with E-state index in [1.165, 1.54) is 0 Å². The molecular weight excluding hydrogens is 184 g/mol. The van der Waals surface area contributed by atoms with Crippen LogP contribution in [0.3, 0.4) is 0 Å². The van der Waals surface area contributed by atoms with Crippen molar-refractivity contribution < 1.29 is 8.78 Å². The van der Waals surface area contributed by atoms with Gasteiger partial charge in [-0.2, -0.15) is 0 Å². The number of nitrogens with one attached hydrogen (secondary N) is 1. The molecule has 1 spiro atoms. The van der Waals surface area contributed by atoms with E-state index in [1.807, 2.05) is 0 Å². The summed E-state index contributed by atoms with van der Waals surface area (Å²) in [5, 5.41) is 2.80. The Morgan fingerprint density at radius 2 is 1.58 bits per heavy atom. The Bertz CT molecular complexity index is 161. The van der Waals surface area contributed by atoms with Gasteiger partial charge in [-0.3, -0.25) is 0 Å². The summed E-state index contributed by atoms with van der Waals surface area (Å²) in [6.07, 6.45) is 3.40. The summed E-state index contributed by atoms with van der Waals surface area (Å²) in [5.41, 5.74) is -0.660. The fourth-order valence-electron chi connectivity index (χ4n) is 2.37. The van der Waals surface area contributed by atoms with Gasteiger partial charge in [-0.25, -0.2) is 8.78 Å². The molecule has 2 rings (SSSR count). The van der Waals surface area contributed by atoms with Gasteiger partial charge in [0.1, 0.15) is 0 Å². The van der Waals surface area contributed by atoms with Gasteiger partial charge in [0, 0.05) is 12.0 Å². The van der Waals surface area contributed by atoms with Gasteiger partial charge in [0.15, 0.2) is 0 Å². The Hall–Kier alpha value is 0.110. The number of rotatable bonds is 0. The average Bonchev–Trinajstić information content (AvgIpc) is 2.45. The quantitative estimate of drug-likeness (QED) is 0.628. The molecule has 1 heterocycles. The van der Waals surface area contributed by atoms with Crippen LogP contribution in [0.1, 0.15) is 25.7 Å². The molecule has 0 aromatic rings. The van der Waals surface area contributed by atoms with E-state index in [9.17, 15) is 8.78 Å². The van der Waals surface area contributed by atoms with Gasteiger partial charge in [0.25, 0.3) is 5.92 Å². The van der Waals surface area contributed by atoms with Crippen LogP contribution in [0.4, 0.5) is 8.78 Å². The van der Waals surface area contributed by atoms with E-state index < -0.39 is 11.3 Å². The van der Waals surface area contributed by atoms with Crippen molar-refractivity contribution in [2.24, 2.45) is 5.41 Å². The van der Waals surface area contributed by atoms with Crippen LogP contribution in [0.25, 0.3) is 0 Å². The summed E-state index contributed by atoms with van der Waals surface area (Å²) in [4.78, 5) is 0. The third-order valence-electron chi connectivity index (χ3n) is 3.15. The van der Waals surface area contributed by atoms with Crippen molar-refractivity contribution in [3.05, 3.63) is 0 Å². The van der Waals surface area contributed by atoms with Crippen LogP contribution in [0.5, 0.6) is 0 Å². The second-order valence-corrected chi connectivity index (χ2v) is 3.80. The van der Waals surface area contributed by atoms with E-state index in [2.05, 4.69) is 5.32 Å². The molecule has 0 radical (unpaired) electrons. The van der Waals surface area contributed by atoms with Crippen molar-refractivity contribution in [2.75, 3.05) is 13.1 Å². The number of hydrogen-bond acceptors (Lipinski definition) is 1. The molecule has 1 aliphatic carbocycles. The lowest BCUT2D eigenvalue weighted by Crippen LogP contribution is -2.37. The Balaban J connectivity index is 0.000000720. The maximum Gasteiger partial charge on any atom is 0.267 e. The molecule has 0 bridgehead atoms. The van der Waals surface area contributed by atoms with Crippen LogP contribution in [-0.4, -0.2) is 19.0 Å². The first-order valence-corrected chi connectivity index (χ1v) is 4.25. The Labute approximate surface area is 77.3 Å². The Morgan fingerprint density at radius 3 is 2.00 bits per heavy atom. The molecule has 2 aliphatic rings. The van der Waals surface area contributed by atoms with E-state index >= 15 is 0 Å². The van der Waals surface area contributed by atoms with Crippen molar-refractivity contribution in [3.63, 3.8) is 0 Å². The highest BCUT2D eigenvalue weighted by Crippen LogP contribution is 2.51. The van der Waals surface area contributed by atoms with Gasteiger partial charge in [0.05, 0.1) is 6.54 Å². The molecule has 12 heavy (non-hydrogen) atoms. The lowest BCUT2D eigenvalue weighted by Gasteiger charge is -2.28. The number of alkyl halides is 2. The van der Waals surface area contributed by atoms with E-state index in [-0.39, 0.29) is 19.0 Å². The third kappa shape index (κ3) is 1.23. The van der Waals surface area contributed by atoms with Gasteiger partial charge >= 0.3 is 0 Å². The summed E-state index contributed by atoms with van der Waals surface area (Å²) in [7, 11) is 0. The number of hydrogen-bond donors (Lipinski definition) is 1. The topological polar surface area (TPSA) is 12.0 Å². The first-order chi connectivity index (χ1) is 5.16. The maximum atomic E-state index is 13.2. The minimum Gasteiger partial charge on any atom is -0.310 e. The van der Waals surface area contributed by atoms with Gasteiger partial charge in [-0.05, 0) is 12.8 Å². The molecule has 72 valence electrons. The second kappa shape index (κ2) is 3.11. The Morgan fingerprint density at radius 1 is 1.00 bits per heavy atom. The molecule has 2 fully saturated rings. The van der Waals surface area contributed by atoms with Gasteiger partial charge in [-0.15, -0.1) is 12.4 Å². The monoisotopic (exact) mass is 197 g/mol. The minimum atomic E-state index is -2.44. The van der Waals surface area contributed by atoms with Crippen molar-refractivity contribution in [1.82, 2.24) is 5.32 Å². The van der Waals surface area contributed by atoms with E-state index in [0.717, 1.165) is 12.8 Å². The predicted octanol–water partition coefficient (Wildman–Crippen LogP) is 2.21. The zero-order valence-corrected chi connectivity index (χ0v) is 7.72. The molecule has 0 aromatic heterocycles. The average molecular weight is 198 g/mol. The molecule has 0 unspecified atom stereocenters. The fourth-order valence-corrected chi connectivity index (χ4v) is 2.37. The van der Waals surface area contributed by atoms with Crippen molar-refractivity contribution in [2.45, 2.75) is 31.6 Å². The van der Waals surface area contributed by atoms with Crippen molar-refractivity contribution >= 4 is 12.4 Å². The molecule has 0 amide bonds. The first kappa shape index (κ1) is 10.2. The van der Waals surface area contributed by atoms with Crippen LogP contribution < -0.4 is 5.32 Å². The highest BCUT2D eigenvalue weighted by Gasteiger charge is 2.57. The zero-order chi connectivity index (χ0) is 7.95. The van der Waals surface area contributed by atoms with Crippen LogP contribution in [0.2, 0.25) is 0 Å². The number of halogens is 3. The first-order valence-electron chi connectivity index (χ1n) is 4.25. The lowest BCUT2D eigenvalue weighted by atomic mass is 9.82. The summed E-state index contributed by atoms with van der Waals surface area (Å²) in [5.74, 6) is -2.44. The minimum absolute atomic E-state index is 0. The lowest BCUT2D eigenvalue weighted by molar-refractivity contribution is -0.0798. The van der Waals surface area contributed by atoms with E-state index in [1.54, 1.807) is 0 Å². The largest absolute Gasteiger partial charge is 0.310 e. The maximum absolute atomic E-state index is 13.2. The molecular formula is C8H14ClF2N. The molecule has 1 N–H and O–H groups in total. The highest BCUT2D eigenvalue weighted by atomic mass is 35.5. The molecule has 1 nitrogen and oxygen atoms in total. The van der Waals surface area contributed by atoms with Crippen LogP contribution in [-0.2, 0) is 0 Å². The van der Waals surface area contributed by atoms with Crippen LogP contribution in [0.15, 0.2) is 0 Å². The second-order valence-electron chi connectivity index (χ2n) is 3.80. The molecule has 4 heteroatoms. The molecule has 0 aromatic carbocycles. The summed E-state index contributed by atoms with van der Waals surface area (Å²) in [6.45, 7) is 0.424. The summed E-state index contributed by atoms with van der Waals surface area (Å²) in [6, 6.07) is 0. The van der Waals surface area contributed by atoms with E-state index in [4.69, 9.17) is 0 Å². The van der Waals surface area contributed by atoms with Crippen molar-refractivity contribution in [1.29, 1.82) is 0 Å². The van der Waals surface area contributed by atoms with Crippen molar-refractivity contribution in [3.8, 4) is 0 Å². The molecule has 1 saturated carbocycles. The summed E-state index contributed by atoms with van der Waals surface area (Å²) < 4.78 is 26.5. The SMILES string of the molecule is Cl.FC1(F)CNCC12CCCC2. The fraction of sp³-hybridized carbons (Fsp3) is 1.00. The molecule has 0 atom stereocenters. The summed E-state index contributed by atoms with van der Waals surface area (Å²) >= 11 is 0. The van der Waals surface area contributed by atoms with Gasteiger partial charge in [0.2, 0.25) is 0 Å². The highest BCUT2D eigenvalue weighted by molar-refractivity contribution is 5.85. The van der Waals surface area contributed by atoms with Gasteiger partial charge < -0.3 is 5.32 Å². The smallest absolute Gasteiger partial charge is 0.267 e. The Kier molecular flexibility index (Phi) is 2.64. The predicted molar refractivity (Wildman–Crippen MR) is 46.0 cm³/mol. The zero-order valence-electron chi connectivity index (χ0n) is 6.91. The van der Waals surface area contributed by atoms with E-state index in [0.29, 0.717) is 19.4 Å². The normalized spacial score (nSPS) is 30.5. The molecule has 1 saturated heterocycles. The van der Waals surface area contributed by atoms with Crippen LogP contribution in [0, 0.1) is 5.41 Å². The van der Waals surface area contributed by atoms with Crippen LogP contribution >= 0.6 is 12.4 Å². The third-order valence-corrected chi connectivity index (χ3v) is 3.15. The standard InChI is InChI=1S/C8H13F2N.ClH/c9-8(10)6-11-5-7(8)3-1-2-4-7;/h11H,1-6H2;1H.